The summed E-state index contributed by atoms with van der Waals surface area (Å²) in [6.07, 6.45) is 26.3. The zero-order chi connectivity index (χ0) is 18.9. The molecule has 152 valence electrons. The van der Waals surface area contributed by atoms with Gasteiger partial charge in [0.2, 0.25) is 6.33 Å². The Kier molecular flexibility index (Phi) is 14.6. The quantitative estimate of drug-likeness (QED) is 0.224. The molecule has 1 atom stereocenters. The lowest BCUT2D eigenvalue weighted by Gasteiger charge is -2.10. The van der Waals surface area contributed by atoms with Crippen molar-refractivity contribution in [3.8, 4) is 0 Å². The average Bonchev–Trinajstić information content (AvgIpc) is 3.03. The zero-order valence-electron chi connectivity index (χ0n) is 17.9. The SMILES string of the molecule is CCCCCCCCCCCCCCCCOC(C)Cn1cc[n+](C)c1. The van der Waals surface area contributed by atoms with Crippen LogP contribution in [0.5, 0.6) is 0 Å². The van der Waals surface area contributed by atoms with Crippen LogP contribution in [0.3, 0.4) is 0 Å². The first-order chi connectivity index (χ1) is 12.7. The summed E-state index contributed by atoms with van der Waals surface area (Å²) >= 11 is 0. The Morgan fingerprint density at radius 3 is 1.77 bits per heavy atom. The van der Waals surface area contributed by atoms with Gasteiger partial charge in [0.15, 0.2) is 0 Å². The molecule has 1 aromatic heterocycles. The monoisotopic (exact) mass is 365 g/mol. The third kappa shape index (κ3) is 13.4. The molecule has 3 nitrogen and oxygen atoms in total. The third-order valence-corrected chi connectivity index (χ3v) is 5.19. The van der Waals surface area contributed by atoms with Gasteiger partial charge < -0.3 is 4.74 Å². The summed E-state index contributed by atoms with van der Waals surface area (Å²) in [6, 6.07) is 0. The molecule has 1 rings (SSSR count). The Morgan fingerprint density at radius 1 is 0.808 bits per heavy atom. The van der Waals surface area contributed by atoms with Gasteiger partial charge in [-0.1, -0.05) is 90.4 Å². The van der Waals surface area contributed by atoms with Crippen LogP contribution in [-0.2, 0) is 18.3 Å². The van der Waals surface area contributed by atoms with E-state index in [0.717, 1.165) is 13.2 Å². The summed E-state index contributed by atoms with van der Waals surface area (Å²) in [5, 5.41) is 0. The van der Waals surface area contributed by atoms with Gasteiger partial charge in [0, 0.05) is 6.61 Å². The molecular formula is C23H45N2O+. The van der Waals surface area contributed by atoms with Gasteiger partial charge in [-0.25, -0.2) is 9.13 Å². The molecule has 1 aromatic rings. The Hall–Kier alpha value is -0.830. The van der Waals surface area contributed by atoms with Crippen LogP contribution in [0.15, 0.2) is 18.7 Å². The lowest BCUT2D eigenvalue weighted by atomic mass is 10.0. The molecular weight excluding hydrogens is 320 g/mol. The molecule has 0 spiro atoms. The van der Waals surface area contributed by atoms with Crippen molar-refractivity contribution in [1.29, 1.82) is 0 Å². The smallest absolute Gasteiger partial charge is 0.243 e. The summed E-state index contributed by atoms with van der Waals surface area (Å²) in [6.45, 7) is 6.31. The minimum atomic E-state index is 0.296. The van der Waals surface area contributed by atoms with Crippen LogP contribution in [0.1, 0.15) is 104 Å². The third-order valence-electron chi connectivity index (χ3n) is 5.19. The second-order valence-electron chi connectivity index (χ2n) is 8.05. The molecule has 0 aliphatic carbocycles. The van der Waals surface area contributed by atoms with Crippen molar-refractivity contribution in [3.63, 3.8) is 0 Å². The molecule has 0 fully saturated rings. The minimum absolute atomic E-state index is 0.296. The largest absolute Gasteiger partial charge is 0.374 e. The van der Waals surface area contributed by atoms with E-state index in [2.05, 4.69) is 48.8 Å². The predicted molar refractivity (Wildman–Crippen MR) is 111 cm³/mol. The molecule has 1 heterocycles. The van der Waals surface area contributed by atoms with E-state index in [-0.39, 0.29) is 0 Å². The van der Waals surface area contributed by atoms with Gasteiger partial charge in [0.25, 0.3) is 0 Å². The van der Waals surface area contributed by atoms with Crippen LogP contribution >= 0.6 is 0 Å². The highest BCUT2D eigenvalue weighted by Crippen LogP contribution is 2.13. The van der Waals surface area contributed by atoms with Gasteiger partial charge in [-0.2, -0.15) is 0 Å². The Bertz CT molecular complexity index is 416. The number of hydrogen-bond acceptors (Lipinski definition) is 1. The van der Waals surface area contributed by atoms with Crippen molar-refractivity contribution in [3.05, 3.63) is 18.7 Å². The molecule has 0 aliphatic heterocycles. The number of ether oxygens (including phenoxy) is 1. The van der Waals surface area contributed by atoms with Crippen LogP contribution in [0.25, 0.3) is 0 Å². The van der Waals surface area contributed by atoms with Crippen molar-refractivity contribution in [1.82, 2.24) is 4.57 Å². The number of rotatable bonds is 18. The molecule has 1 unspecified atom stereocenters. The summed E-state index contributed by atoms with van der Waals surface area (Å²) in [5.74, 6) is 0. The van der Waals surface area contributed by atoms with E-state index < -0.39 is 0 Å². The molecule has 0 amide bonds. The predicted octanol–water partition coefficient (Wildman–Crippen LogP) is 6.20. The van der Waals surface area contributed by atoms with Crippen LogP contribution < -0.4 is 4.57 Å². The summed E-state index contributed by atoms with van der Waals surface area (Å²) in [5.41, 5.74) is 0. The van der Waals surface area contributed by atoms with Crippen LogP contribution in [0.2, 0.25) is 0 Å². The highest BCUT2D eigenvalue weighted by molar-refractivity contribution is 4.67. The number of aryl methyl sites for hydroxylation is 1. The Morgan fingerprint density at radius 2 is 1.31 bits per heavy atom. The Balaban J connectivity index is 1.76. The number of imidazole rings is 1. The van der Waals surface area contributed by atoms with Gasteiger partial charge in [-0.3, -0.25) is 0 Å². The number of aromatic nitrogens is 2. The number of unbranched alkanes of at least 4 members (excludes halogenated alkanes) is 13. The molecule has 0 bridgehead atoms. The highest BCUT2D eigenvalue weighted by atomic mass is 16.5. The van der Waals surface area contributed by atoms with Crippen LogP contribution in [0.4, 0.5) is 0 Å². The minimum Gasteiger partial charge on any atom is -0.374 e. The fourth-order valence-corrected chi connectivity index (χ4v) is 3.54. The first-order valence-corrected chi connectivity index (χ1v) is 11.3. The van der Waals surface area contributed by atoms with Gasteiger partial charge in [0.05, 0.1) is 13.2 Å². The van der Waals surface area contributed by atoms with Crippen molar-refractivity contribution in [2.45, 2.75) is 116 Å². The van der Waals surface area contributed by atoms with E-state index in [1.165, 1.54) is 89.9 Å². The molecule has 0 saturated carbocycles. The summed E-state index contributed by atoms with van der Waals surface area (Å²) in [4.78, 5) is 0. The first kappa shape index (κ1) is 23.2. The first-order valence-electron chi connectivity index (χ1n) is 11.3. The van der Waals surface area contributed by atoms with E-state index in [1.807, 2.05) is 0 Å². The maximum atomic E-state index is 5.93. The standard InChI is InChI=1S/C23H45N2O/c1-4-5-6-7-8-9-10-11-12-13-14-15-16-17-20-26-23(2)21-25-19-18-24(3)22-25/h18-19,22-23H,4-17,20-21H2,1-3H3/q+1. The molecule has 26 heavy (non-hydrogen) atoms. The van der Waals surface area contributed by atoms with Gasteiger partial charge >= 0.3 is 0 Å². The van der Waals surface area contributed by atoms with E-state index >= 15 is 0 Å². The summed E-state index contributed by atoms with van der Waals surface area (Å²) < 4.78 is 10.2. The fourth-order valence-electron chi connectivity index (χ4n) is 3.54. The number of hydrogen-bond donors (Lipinski definition) is 0. The van der Waals surface area contributed by atoms with Crippen molar-refractivity contribution < 1.29 is 9.30 Å². The van der Waals surface area contributed by atoms with Gasteiger partial charge in [-0.15, -0.1) is 0 Å². The average molecular weight is 366 g/mol. The van der Waals surface area contributed by atoms with E-state index in [1.54, 1.807) is 0 Å². The van der Waals surface area contributed by atoms with Gasteiger partial charge in [0.1, 0.15) is 18.9 Å². The zero-order valence-corrected chi connectivity index (χ0v) is 17.9. The van der Waals surface area contributed by atoms with E-state index in [9.17, 15) is 0 Å². The lowest BCUT2D eigenvalue weighted by Crippen LogP contribution is -2.25. The molecule has 0 saturated heterocycles. The highest BCUT2D eigenvalue weighted by Gasteiger charge is 2.07. The maximum absolute atomic E-state index is 5.93. The van der Waals surface area contributed by atoms with Gasteiger partial charge in [-0.05, 0) is 13.3 Å². The Labute approximate surface area is 163 Å². The van der Waals surface area contributed by atoms with Crippen molar-refractivity contribution in [2.24, 2.45) is 7.05 Å². The van der Waals surface area contributed by atoms with Crippen molar-refractivity contribution in [2.75, 3.05) is 6.61 Å². The number of nitrogens with zero attached hydrogens (tertiary/aromatic N) is 2. The topological polar surface area (TPSA) is 18.0 Å². The normalized spacial score (nSPS) is 12.6. The maximum Gasteiger partial charge on any atom is 0.243 e. The lowest BCUT2D eigenvalue weighted by molar-refractivity contribution is -0.671. The molecule has 0 aromatic carbocycles. The van der Waals surface area contributed by atoms with Crippen molar-refractivity contribution >= 4 is 0 Å². The fraction of sp³-hybridized carbons (Fsp3) is 0.870. The van der Waals surface area contributed by atoms with Crippen LogP contribution in [-0.4, -0.2) is 17.3 Å². The van der Waals surface area contributed by atoms with Crippen LogP contribution in [0, 0.1) is 0 Å². The second-order valence-corrected chi connectivity index (χ2v) is 8.05. The van der Waals surface area contributed by atoms with E-state index in [0.29, 0.717) is 6.10 Å². The molecule has 0 aliphatic rings. The molecule has 0 N–H and O–H groups in total. The second kappa shape index (κ2) is 16.4. The molecule has 0 radical (unpaired) electrons. The molecule has 3 heteroatoms. The summed E-state index contributed by atoms with van der Waals surface area (Å²) in [7, 11) is 2.05. The van der Waals surface area contributed by atoms with E-state index in [4.69, 9.17) is 4.74 Å².